The summed E-state index contributed by atoms with van der Waals surface area (Å²) in [7, 11) is 3.98. The number of ether oxygens (including phenoxy) is 1. The van der Waals surface area contributed by atoms with Gasteiger partial charge in [0.05, 0.1) is 12.2 Å². The van der Waals surface area contributed by atoms with Crippen molar-refractivity contribution in [1.29, 1.82) is 0 Å². The van der Waals surface area contributed by atoms with E-state index in [0.29, 0.717) is 17.9 Å². The first-order chi connectivity index (χ1) is 7.59. The number of esters is 1. The van der Waals surface area contributed by atoms with Crippen LogP contribution in [0.15, 0.2) is 24.3 Å². The van der Waals surface area contributed by atoms with Gasteiger partial charge in [-0.2, -0.15) is 0 Å². The van der Waals surface area contributed by atoms with E-state index < -0.39 is 0 Å². The number of nitrogen functional groups attached to an aromatic ring is 1. The lowest BCUT2D eigenvalue weighted by molar-refractivity contribution is 0.0493. The number of nitrogens with zero attached hydrogens (tertiary/aromatic N) is 1. The van der Waals surface area contributed by atoms with Gasteiger partial charge in [0.15, 0.2) is 0 Å². The van der Waals surface area contributed by atoms with Crippen molar-refractivity contribution in [2.45, 2.75) is 6.42 Å². The third kappa shape index (κ3) is 4.31. The van der Waals surface area contributed by atoms with Gasteiger partial charge >= 0.3 is 5.97 Å². The maximum Gasteiger partial charge on any atom is 0.338 e. The van der Waals surface area contributed by atoms with Crippen LogP contribution in [0.5, 0.6) is 0 Å². The summed E-state index contributed by atoms with van der Waals surface area (Å²) in [5.74, 6) is -0.293. The Bertz CT molecular complexity index is 333. The van der Waals surface area contributed by atoms with Crippen LogP contribution >= 0.6 is 0 Å². The number of anilines is 1. The SMILES string of the molecule is CN(C)CCCOC(=O)c1ccc(N)cc1. The molecule has 16 heavy (non-hydrogen) atoms. The van der Waals surface area contributed by atoms with Gasteiger partial charge in [-0.15, -0.1) is 0 Å². The highest BCUT2D eigenvalue weighted by Crippen LogP contribution is 2.06. The maximum atomic E-state index is 11.5. The van der Waals surface area contributed by atoms with E-state index in [4.69, 9.17) is 10.5 Å². The molecule has 0 spiro atoms. The first-order valence-electron chi connectivity index (χ1n) is 5.27. The van der Waals surface area contributed by atoms with Gasteiger partial charge in [0.25, 0.3) is 0 Å². The third-order valence-electron chi connectivity index (χ3n) is 2.13. The molecule has 0 saturated heterocycles. The fourth-order valence-electron chi connectivity index (χ4n) is 1.25. The third-order valence-corrected chi connectivity index (χ3v) is 2.13. The molecule has 0 aliphatic carbocycles. The lowest BCUT2D eigenvalue weighted by Gasteiger charge is -2.09. The van der Waals surface area contributed by atoms with Crippen LogP contribution in [-0.4, -0.2) is 38.1 Å². The highest BCUT2D eigenvalue weighted by Gasteiger charge is 2.05. The molecule has 1 aromatic rings. The number of rotatable bonds is 5. The lowest BCUT2D eigenvalue weighted by Crippen LogP contribution is -2.16. The molecule has 0 bridgehead atoms. The number of hydrogen-bond donors (Lipinski definition) is 1. The number of hydrogen-bond acceptors (Lipinski definition) is 4. The fourth-order valence-corrected chi connectivity index (χ4v) is 1.25. The van der Waals surface area contributed by atoms with Crippen LogP contribution in [0.4, 0.5) is 5.69 Å². The topological polar surface area (TPSA) is 55.6 Å². The zero-order chi connectivity index (χ0) is 12.0. The molecular weight excluding hydrogens is 204 g/mol. The molecule has 0 aromatic heterocycles. The molecule has 4 nitrogen and oxygen atoms in total. The Labute approximate surface area is 96.0 Å². The Kier molecular flexibility index (Phi) is 4.79. The highest BCUT2D eigenvalue weighted by molar-refractivity contribution is 5.89. The molecule has 0 aliphatic rings. The summed E-state index contributed by atoms with van der Waals surface area (Å²) in [6, 6.07) is 6.72. The van der Waals surface area contributed by atoms with Crippen molar-refractivity contribution < 1.29 is 9.53 Å². The molecule has 1 rings (SSSR count). The van der Waals surface area contributed by atoms with Crippen molar-refractivity contribution in [1.82, 2.24) is 4.90 Å². The second kappa shape index (κ2) is 6.12. The second-order valence-corrected chi connectivity index (χ2v) is 3.91. The van der Waals surface area contributed by atoms with Gasteiger partial charge in [-0.3, -0.25) is 0 Å². The maximum absolute atomic E-state index is 11.5. The van der Waals surface area contributed by atoms with Crippen molar-refractivity contribution in [2.24, 2.45) is 0 Å². The Morgan fingerprint density at radius 2 is 1.94 bits per heavy atom. The van der Waals surface area contributed by atoms with Crippen molar-refractivity contribution >= 4 is 11.7 Å². The minimum Gasteiger partial charge on any atom is -0.462 e. The number of benzene rings is 1. The largest absolute Gasteiger partial charge is 0.462 e. The molecule has 88 valence electrons. The summed E-state index contributed by atoms with van der Waals surface area (Å²) < 4.78 is 5.11. The predicted octanol–water partition coefficient (Wildman–Crippen LogP) is 1.38. The summed E-state index contributed by atoms with van der Waals surface area (Å²) in [4.78, 5) is 13.6. The molecular formula is C12H18N2O2. The van der Waals surface area contributed by atoms with Crippen molar-refractivity contribution in [3.63, 3.8) is 0 Å². The molecule has 0 fully saturated rings. The Morgan fingerprint density at radius 3 is 2.50 bits per heavy atom. The summed E-state index contributed by atoms with van der Waals surface area (Å²) in [6.45, 7) is 1.36. The molecule has 1 aromatic carbocycles. The Balaban J connectivity index is 2.32. The van der Waals surface area contributed by atoms with Crippen LogP contribution in [0.1, 0.15) is 16.8 Å². The van der Waals surface area contributed by atoms with E-state index in [1.54, 1.807) is 24.3 Å². The first kappa shape index (κ1) is 12.5. The van der Waals surface area contributed by atoms with Crippen LogP contribution in [0.2, 0.25) is 0 Å². The zero-order valence-corrected chi connectivity index (χ0v) is 9.77. The summed E-state index contributed by atoms with van der Waals surface area (Å²) >= 11 is 0. The molecule has 2 N–H and O–H groups in total. The smallest absolute Gasteiger partial charge is 0.338 e. The molecule has 4 heteroatoms. The molecule has 0 unspecified atom stereocenters. The van der Waals surface area contributed by atoms with Gasteiger partial charge in [-0.25, -0.2) is 4.79 Å². The molecule has 0 amide bonds. The molecule has 0 aliphatic heterocycles. The van der Waals surface area contributed by atoms with E-state index in [0.717, 1.165) is 13.0 Å². The van der Waals surface area contributed by atoms with Crippen molar-refractivity contribution in [3.8, 4) is 0 Å². The minimum atomic E-state index is -0.293. The van der Waals surface area contributed by atoms with E-state index in [2.05, 4.69) is 4.90 Å². The molecule has 0 atom stereocenters. The molecule has 0 heterocycles. The van der Waals surface area contributed by atoms with Crippen molar-refractivity contribution in [2.75, 3.05) is 33.0 Å². The van der Waals surface area contributed by atoms with Gasteiger partial charge in [0, 0.05) is 12.2 Å². The van der Waals surface area contributed by atoms with E-state index in [-0.39, 0.29) is 5.97 Å². The minimum absolute atomic E-state index is 0.293. The highest BCUT2D eigenvalue weighted by atomic mass is 16.5. The second-order valence-electron chi connectivity index (χ2n) is 3.91. The predicted molar refractivity (Wildman–Crippen MR) is 64.3 cm³/mol. The van der Waals surface area contributed by atoms with Crippen LogP contribution < -0.4 is 5.73 Å². The van der Waals surface area contributed by atoms with E-state index in [1.807, 2.05) is 14.1 Å². The van der Waals surface area contributed by atoms with Gasteiger partial charge in [0.2, 0.25) is 0 Å². The number of carbonyl (C=O) groups excluding carboxylic acids is 1. The average Bonchev–Trinajstić information content (AvgIpc) is 2.25. The monoisotopic (exact) mass is 222 g/mol. The van der Waals surface area contributed by atoms with Crippen molar-refractivity contribution in [3.05, 3.63) is 29.8 Å². The first-order valence-corrected chi connectivity index (χ1v) is 5.27. The van der Waals surface area contributed by atoms with Crippen LogP contribution in [-0.2, 0) is 4.74 Å². The number of nitrogens with two attached hydrogens (primary N) is 1. The van der Waals surface area contributed by atoms with E-state index >= 15 is 0 Å². The van der Waals surface area contributed by atoms with E-state index in [1.165, 1.54) is 0 Å². The Morgan fingerprint density at radius 1 is 1.31 bits per heavy atom. The van der Waals surface area contributed by atoms with Gasteiger partial charge in [-0.05, 0) is 44.8 Å². The quantitative estimate of drug-likeness (QED) is 0.464. The summed E-state index contributed by atoms with van der Waals surface area (Å²) in [6.07, 6.45) is 0.841. The normalized spacial score (nSPS) is 10.4. The zero-order valence-electron chi connectivity index (χ0n) is 9.77. The van der Waals surface area contributed by atoms with E-state index in [9.17, 15) is 4.79 Å². The average molecular weight is 222 g/mol. The van der Waals surface area contributed by atoms with Crippen LogP contribution in [0.3, 0.4) is 0 Å². The molecule has 0 saturated carbocycles. The standard InChI is InChI=1S/C12H18N2O2/c1-14(2)8-3-9-16-12(15)10-4-6-11(13)7-5-10/h4-7H,3,8-9,13H2,1-2H3. The number of carbonyl (C=O) groups is 1. The van der Waals surface area contributed by atoms with Crippen LogP contribution in [0.25, 0.3) is 0 Å². The fraction of sp³-hybridized carbons (Fsp3) is 0.417. The van der Waals surface area contributed by atoms with Crippen LogP contribution in [0, 0.1) is 0 Å². The van der Waals surface area contributed by atoms with Gasteiger partial charge < -0.3 is 15.4 Å². The lowest BCUT2D eigenvalue weighted by atomic mass is 10.2. The van der Waals surface area contributed by atoms with Gasteiger partial charge in [-0.1, -0.05) is 0 Å². The van der Waals surface area contributed by atoms with Gasteiger partial charge in [0.1, 0.15) is 0 Å². The summed E-state index contributed by atoms with van der Waals surface area (Å²) in [5, 5.41) is 0. The molecule has 0 radical (unpaired) electrons. The Hall–Kier alpha value is -1.55. The summed E-state index contributed by atoms with van der Waals surface area (Å²) in [5.41, 5.74) is 6.71.